The smallest absolute Gasteiger partial charge is 0.307 e. The standard InChI is InChI=1S/C10H13N3O3/c1-4-5(2)12-13-8(4)11-9(14)6-3-7(6)10(15)16/h6-7H,3H2,1-2H3,(H,15,16)(H2,11,12,13,14)/t6-,7+/m1/s1. The Bertz CT molecular complexity index is 452. The first-order chi connectivity index (χ1) is 7.50. The third-order valence-corrected chi connectivity index (χ3v) is 2.94. The summed E-state index contributed by atoms with van der Waals surface area (Å²) in [7, 11) is 0. The maximum absolute atomic E-state index is 11.6. The quantitative estimate of drug-likeness (QED) is 0.702. The Kier molecular flexibility index (Phi) is 2.41. The summed E-state index contributed by atoms with van der Waals surface area (Å²) in [6.07, 6.45) is 0.420. The van der Waals surface area contributed by atoms with E-state index in [4.69, 9.17) is 5.11 Å². The van der Waals surface area contributed by atoms with E-state index in [0.29, 0.717) is 12.2 Å². The molecule has 1 amide bonds. The van der Waals surface area contributed by atoms with Crippen LogP contribution in [0.1, 0.15) is 17.7 Å². The first-order valence-corrected chi connectivity index (χ1v) is 5.06. The maximum atomic E-state index is 11.6. The first-order valence-electron chi connectivity index (χ1n) is 5.06. The van der Waals surface area contributed by atoms with E-state index < -0.39 is 17.8 Å². The van der Waals surface area contributed by atoms with Crippen LogP contribution in [0, 0.1) is 25.7 Å². The molecule has 0 aromatic carbocycles. The van der Waals surface area contributed by atoms with Gasteiger partial charge in [0, 0.05) is 11.3 Å². The van der Waals surface area contributed by atoms with E-state index in [1.807, 2.05) is 13.8 Å². The molecule has 3 N–H and O–H groups in total. The van der Waals surface area contributed by atoms with Crippen LogP contribution in [0.3, 0.4) is 0 Å². The van der Waals surface area contributed by atoms with Crippen LogP contribution in [-0.4, -0.2) is 27.2 Å². The summed E-state index contributed by atoms with van der Waals surface area (Å²) in [5.41, 5.74) is 1.77. The number of hydrogen-bond donors (Lipinski definition) is 3. The number of nitrogens with one attached hydrogen (secondary N) is 2. The number of carbonyl (C=O) groups excluding carboxylic acids is 1. The van der Waals surface area contributed by atoms with Crippen LogP contribution < -0.4 is 5.32 Å². The lowest BCUT2D eigenvalue weighted by molar-refractivity contribution is -0.139. The number of H-pyrrole nitrogens is 1. The highest BCUT2D eigenvalue weighted by Gasteiger charge is 2.48. The Labute approximate surface area is 92.0 Å². The fraction of sp³-hybridized carbons (Fsp3) is 0.500. The number of aromatic amines is 1. The lowest BCUT2D eigenvalue weighted by Gasteiger charge is -2.01. The Balaban J connectivity index is 1.99. The second kappa shape index (κ2) is 3.62. The van der Waals surface area contributed by atoms with Crippen molar-refractivity contribution in [3.63, 3.8) is 0 Å². The average Bonchev–Trinajstić information content (AvgIpc) is 2.97. The van der Waals surface area contributed by atoms with Gasteiger partial charge >= 0.3 is 5.97 Å². The number of aliphatic carboxylic acids is 1. The Morgan fingerprint density at radius 1 is 1.44 bits per heavy atom. The third-order valence-electron chi connectivity index (χ3n) is 2.94. The molecule has 1 aliphatic carbocycles. The predicted octanol–water partition coefficient (Wildman–Crippen LogP) is 0.686. The van der Waals surface area contributed by atoms with E-state index in [1.54, 1.807) is 0 Å². The largest absolute Gasteiger partial charge is 0.481 e. The zero-order chi connectivity index (χ0) is 11.9. The van der Waals surface area contributed by atoms with Gasteiger partial charge < -0.3 is 10.4 Å². The normalized spacial score (nSPS) is 22.9. The van der Waals surface area contributed by atoms with Gasteiger partial charge in [0.25, 0.3) is 0 Å². The molecule has 0 saturated heterocycles. The Hall–Kier alpha value is -1.85. The molecule has 1 aliphatic rings. The molecule has 1 fully saturated rings. The van der Waals surface area contributed by atoms with Gasteiger partial charge in [0.1, 0.15) is 0 Å². The number of rotatable bonds is 3. The van der Waals surface area contributed by atoms with Gasteiger partial charge in [-0.05, 0) is 20.3 Å². The molecular formula is C10H13N3O3. The first kappa shape index (κ1) is 10.7. The van der Waals surface area contributed by atoms with Crippen LogP contribution >= 0.6 is 0 Å². The van der Waals surface area contributed by atoms with Crippen LogP contribution in [0.15, 0.2) is 0 Å². The molecule has 0 bridgehead atoms. The van der Waals surface area contributed by atoms with E-state index in [0.717, 1.165) is 11.3 Å². The minimum atomic E-state index is -0.907. The molecule has 1 aromatic heterocycles. The highest BCUT2D eigenvalue weighted by Crippen LogP contribution is 2.39. The number of aryl methyl sites for hydroxylation is 1. The van der Waals surface area contributed by atoms with Crippen LogP contribution in [0.25, 0.3) is 0 Å². The molecule has 16 heavy (non-hydrogen) atoms. The van der Waals surface area contributed by atoms with Gasteiger partial charge in [0.15, 0.2) is 5.82 Å². The minimum Gasteiger partial charge on any atom is -0.481 e. The number of carboxylic acids is 1. The second-order valence-electron chi connectivity index (χ2n) is 4.10. The summed E-state index contributed by atoms with van der Waals surface area (Å²) in [4.78, 5) is 22.2. The Morgan fingerprint density at radius 3 is 2.56 bits per heavy atom. The second-order valence-corrected chi connectivity index (χ2v) is 4.10. The number of hydrogen-bond acceptors (Lipinski definition) is 3. The summed E-state index contributed by atoms with van der Waals surface area (Å²) in [5, 5.41) is 18.0. The maximum Gasteiger partial charge on any atom is 0.307 e. The number of carboxylic acid groups (broad SMARTS) is 1. The molecule has 1 saturated carbocycles. The van der Waals surface area contributed by atoms with E-state index in [9.17, 15) is 9.59 Å². The number of amides is 1. The lowest BCUT2D eigenvalue weighted by atomic mass is 10.2. The highest BCUT2D eigenvalue weighted by molar-refractivity contribution is 5.98. The lowest BCUT2D eigenvalue weighted by Crippen LogP contribution is -2.17. The SMILES string of the molecule is Cc1[nH]nc(NC(=O)[C@@H]2C[C@@H]2C(=O)O)c1C. The number of anilines is 1. The van der Waals surface area contributed by atoms with Crippen LogP contribution in [0.4, 0.5) is 5.82 Å². The van der Waals surface area contributed by atoms with E-state index >= 15 is 0 Å². The van der Waals surface area contributed by atoms with Gasteiger partial charge in [-0.1, -0.05) is 0 Å². The molecule has 86 valence electrons. The summed E-state index contributed by atoms with van der Waals surface area (Å²) >= 11 is 0. The fourth-order valence-corrected chi connectivity index (χ4v) is 1.57. The van der Waals surface area contributed by atoms with Crippen LogP contribution in [0.2, 0.25) is 0 Å². The molecular weight excluding hydrogens is 210 g/mol. The zero-order valence-corrected chi connectivity index (χ0v) is 9.07. The average molecular weight is 223 g/mol. The molecule has 0 unspecified atom stereocenters. The molecule has 0 aliphatic heterocycles. The van der Waals surface area contributed by atoms with Crippen molar-refractivity contribution in [2.24, 2.45) is 11.8 Å². The molecule has 2 rings (SSSR count). The molecule has 1 heterocycles. The summed E-state index contributed by atoms with van der Waals surface area (Å²) in [6, 6.07) is 0. The monoisotopic (exact) mass is 223 g/mol. The van der Waals surface area contributed by atoms with Gasteiger partial charge in [-0.25, -0.2) is 0 Å². The van der Waals surface area contributed by atoms with E-state index in [-0.39, 0.29) is 5.91 Å². The van der Waals surface area contributed by atoms with Gasteiger partial charge in [-0.15, -0.1) is 0 Å². The van der Waals surface area contributed by atoms with Crippen molar-refractivity contribution < 1.29 is 14.7 Å². The molecule has 0 spiro atoms. The van der Waals surface area contributed by atoms with Gasteiger partial charge in [-0.3, -0.25) is 14.7 Å². The number of nitrogens with zero attached hydrogens (tertiary/aromatic N) is 1. The highest BCUT2D eigenvalue weighted by atomic mass is 16.4. The van der Waals surface area contributed by atoms with Crippen molar-refractivity contribution in [2.75, 3.05) is 5.32 Å². The fourth-order valence-electron chi connectivity index (χ4n) is 1.57. The summed E-state index contributed by atoms with van der Waals surface area (Å²) in [5.74, 6) is -1.62. The van der Waals surface area contributed by atoms with Gasteiger partial charge in [0.05, 0.1) is 11.8 Å². The topological polar surface area (TPSA) is 95.1 Å². The van der Waals surface area contributed by atoms with Crippen molar-refractivity contribution in [2.45, 2.75) is 20.3 Å². The van der Waals surface area contributed by atoms with Gasteiger partial charge in [-0.2, -0.15) is 5.10 Å². The minimum absolute atomic E-state index is 0.262. The van der Waals surface area contributed by atoms with Crippen molar-refractivity contribution in [3.8, 4) is 0 Å². The van der Waals surface area contributed by atoms with Crippen LogP contribution in [-0.2, 0) is 9.59 Å². The van der Waals surface area contributed by atoms with Crippen LogP contribution in [0.5, 0.6) is 0 Å². The molecule has 2 atom stereocenters. The molecule has 0 radical (unpaired) electrons. The van der Waals surface area contributed by atoms with Crippen molar-refractivity contribution in [3.05, 3.63) is 11.3 Å². The molecule has 1 aromatic rings. The van der Waals surface area contributed by atoms with Gasteiger partial charge in [0.2, 0.25) is 5.91 Å². The Morgan fingerprint density at radius 2 is 2.12 bits per heavy atom. The zero-order valence-electron chi connectivity index (χ0n) is 9.07. The number of carbonyl (C=O) groups is 2. The van der Waals surface area contributed by atoms with E-state index in [1.165, 1.54) is 0 Å². The molecule has 6 heteroatoms. The summed E-state index contributed by atoms with van der Waals surface area (Å²) in [6.45, 7) is 3.70. The third kappa shape index (κ3) is 1.78. The van der Waals surface area contributed by atoms with Crippen molar-refractivity contribution in [1.82, 2.24) is 10.2 Å². The van der Waals surface area contributed by atoms with Crippen molar-refractivity contribution >= 4 is 17.7 Å². The van der Waals surface area contributed by atoms with E-state index in [2.05, 4.69) is 15.5 Å². The van der Waals surface area contributed by atoms with Crippen molar-refractivity contribution in [1.29, 1.82) is 0 Å². The number of aromatic nitrogens is 2. The molecule has 6 nitrogen and oxygen atoms in total. The predicted molar refractivity (Wildman–Crippen MR) is 55.9 cm³/mol. The summed E-state index contributed by atoms with van der Waals surface area (Å²) < 4.78 is 0.